The van der Waals surface area contributed by atoms with Gasteiger partial charge in [-0.1, -0.05) is 18.6 Å². The molecule has 6 nitrogen and oxygen atoms in total. The molecule has 0 aromatic rings. The second-order valence-corrected chi connectivity index (χ2v) is 10.5. The summed E-state index contributed by atoms with van der Waals surface area (Å²) in [6, 6.07) is 0. The average molecular weight is 433 g/mol. The molecule has 0 spiro atoms. The summed E-state index contributed by atoms with van der Waals surface area (Å²) in [4.78, 5) is 35.5. The summed E-state index contributed by atoms with van der Waals surface area (Å²) in [6.45, 7) is 5.07. The maximum atomic E-state index is 12.8. The van der Waals surface area contributed by atoms with Crippen molar-refractivity contribution in [3.63, 3.8) is 0 Å². The molecule has 7 atom stereocenters. The Morgan fingerprint density at radius 3 is 2.55 bits per heavy atom. The molecule has 1 N–H and O–H groups in total. The van der Waals surface area contributed by atoms with E-state index >= 15 is 0 Å². The summed E-state index contributed by atoms with van der Waals surface area (Å²) in [5.74, 6) is 0.463. The highest BCUT2D eigenvalue weighted by Gasteiger charge is 2.60. The number of aliphatic hydroxyl groups is 1. The molecule has 0 bridgehead atoms. The third kappa shape index (κ3) is 3.75. The number of fused-ring (bicyclic) bond motifs is 5. The minimum absolute atomic E-state index is 0.0230. The zero-order valence-electron chi connectivity index (χ0n) is 19.0. The van der Waals surface area contributed by atoms with E-state index in [0.717, 1.165) is 51.4 Å². The normalized spacial score (nSPS) is 41.3. The van der Waals surface area contributed by atoms with Crippen LogP contribution in [0.25, 0.3) is 0 Å². The summed E-state index contributed by atoms with van der Waals surface area (Å²) in [6.07, 6.45) is 9.57. The fraction of sp³-hybridized carbons (Fsp3) is 0.800. The number of Topliss-reactive ketones (excluding diaryl/α,β-unsaturated/α-hetero) is 1. The number of esters is 2. The van der Waals surface area contributed by atoms with Gasteiger partial charge in [0.25, 0.3) is 0 Å². The lowest BCUT2D eigenvalue weighted by Crippen LogP contribution is -2.55. The Morgan fingerprint density at radius 2 is 1.87 bits per heavy atom. The second kappa shape index (κ2) is 8.34. The van der Waals surface area contributed by atoms with Crippen LogP contribution in [0.4, 0.5) is 0 Å². The number of ketones is 1. The van der Waals surface area contributed by atoms with Crippen LogP contribution in [-0.4, -0.2) is 42.1 Å². The first-order valence-corrected chi connectivity index (χ1v) is 11.9. The lowest BCUT2D eigenvalue weighted by molar-refractivity contribution is -0.160. The monoisotopic (exact) mass is 432 g/mol. The predicted molar refractivity (Wildman–Crippen MR) is 114 cm³/mol. The SMILES string of the molecule is CC(=O)OCC(=O)[C@H]1CC=C2[C@@H]3CC[C@H]4C[C@@H](OC(C)=O)CC[C@]4(CO)[C@H]3CC[C@@]21C. The molecule has 4 rings (SSSR count). The largest absolute Gasteiger partial charge is 0.463 e. The summed E-state index contributed by atoms with van der Waals surface area (Å²) in [5.41, 5.74) is 1.12. The second-order valence-electron chi connectivity index (χ2n) is 10.5. The standard InChI is InChI=1S/C25H36O6/c1-15(27)30-13-23(29)22-7-6-20-19-5-4-17-12-18(31-16(2)28)8-11-25(17,14-26)21(19)9-10-24(20,22)3/h6,17-19,21-22,26H,4-5,7-14H2,1-3H3/t17-,18-,19-,21-,22+,24-,25+/m0/s1. The molecule has 0 aromatic carbocycles. The maximum absolute atomic E-state index is 12.8. The molecule has 0 aromatic heterocycles. The number of aliphatic hydroxyl groups excluding tert-OH is 1. The highest BCUT2D eigenvalue weighted by atomic mass is 16.5. The van der Waals surface area contributed by atoms with Crippen molar-refractivity contribution in [3.8, 4) is 0 Å². The summed E-state index contributed by atoms with van der Waals surface area (Å²) in [5, 5.41) is 10.6. The first-order valence-electron chi connectivity index (χ1n) is 11.9. The van der Waals surface area contributed by atoms with Gasteiger partial charge < -0.3 is 14.6 Å². The molecular formula is C25H36O6. The van der Waals surface area contributed by atoms with Crippen LogP contribution in [0.2, 0.25) is 0 Å². The minimum atomic E-state index is -0.416. The molecule has 31 heavy (non-hydrogen) atoms. The van der Waals surface area contributed by atoms with Gasteiger partial charge in [-0.05, 0) is 80.0 Å². The highest BCUT2D eigenvalue weighted by molar-refractivity contribution is 5.86. The van der Waals surface area contributed by atoms with Crippen molar-refractivity contribution in [2.24, 2.45) is 34.5 Å². The van der Waals surface area contributed by atoms with Crippen molar-refractivity contribution in [1.29, 1.82) is 0 Å². The first-order chi connectivity index (χ1) is 14.7. The lowest BCUT2D eigenvalue weighted by Gasteiger charge is -2.60. The van der Waals surface area contributed by atoms with Crippen molar-refractivity contribution >= 4 is 17.7 Å². The van der Waals surface area contributed by atoms with E-state index in [1.165, 1.54) is 19.4 Å². The highest BCUT2D eigenvalue weighted by Crippen LogP contribution is 2.66. The third-order valence-electron chi connectivity index (χ3n) is 9.15. The van der Waals surface area contributed by atoms with Crippen LogP contribution in [0.15, 0.2) is 11.6 Å². The van der Waals surface area contributed by atoms with Gasteiger partial charge in [-0.25, -0.2) is 0 Å². The van der Waals surface area contributed by atoms with E-state index in [9.17, 15) is 19.5 Å². The van der Waals surface area contributed by atoms with Gasteiger partial charge in [-0.3, -0.25) is 14.4 Å². The third-order valence-corrected chi connectivity index (χ3v) is 9.15. The summed E-state index contributed by atoms with van der Waals surface area (Å²) in [7, 11) is 0. The van der Waals surface area contributed by atoms with Gasteiger partial charge in [-0.2, -0.15) is 0 Å². The quantitative estimate of drug-likeness (QED) is 0.527. The van der Waals surface area contributed by atoms with Crippen LogP contribution in [-0.2, 0) is 23.9 Å². The van der Waals surface area contributed by atoms with Crippen molar-refractivity contribution in [1.82, 2.24) is 0 Å². The Labute approximate surface area is 184 Å². The van der Waals surface area contributed by atoms with E-state index < -0.39 is 5.97 Å². The van der Waals surface area contributed by atoms with Gasteiger partial charge in [-0.15, -0.1) is 0 Å². The Kier molecular flexibility index (Phi) is 6.06. The first kappa shape index (κ1) is 22.5. The molecule has 3 saturated carbocycles. The van der Waals surface area contributed by atoms with Gasteiger partial charge in [0.15, 0.2) is 5.78 Å². The van der Waals surface area contributed by atoms with Gasteiger partial charge in [0.05, 0.1) is 0 Å². The Morgan fingerprint density at radius 1 is 1.10 bits per heavy atom. The maximum Gasteiger partial charge on any atom is 0.303 e. The number of hydrogen-bond acceptors (Lipinski definition) is 6. The van der Waals surface area contributed by atoms with Crippen LogP contribution in [0.1, 0.15) is 72.1 Å². The number of ether oxygens (including phenoxy) is 2. The van der Waals surface area contributed by atoms with Crippen LogP contribution in [0, 0.1) is 34.5 Å². The van der Waals surface area contributed by atoms with Crippen molar-refractivity contribution in [2.75, 3.05) is 13.2 Å². The predicted octanol–water partition coefficient (Wildman–Crippen LogP) is 3.60. The molecule has 6 heteroatoms. The van der Waals surface area contributed by atoms with Crippen molar-refractivity contribution in [3.05, 3.63) is 11.6 Å². The molecule has 3 fully saturated rings. The number of rotatable bonds is 5. The number of carbonyl (C=O) groups is 3. The zero-order valence-corrected chi connectivity index (χ0v) is 19.0. The minimum Gasteiger partial charge on any atom is -0.463 e. The van der Waals surface area contributed by atoms with Crippen LogP contribution in [0.5, 0.6) is 0 Å². The number of allylic oxidation sites excluding steroid dienone is 2. The van der Waals surface area contributed by atoms with Crippen molar-refractivity contribution in [2.45, 2.75) is 78.2 Å². The molecule has 0 radical (unpaired) electrons. The zero-order chi connectivity index (χ0) is 22.4. The van der Waals surface area contributed by atoms with E-state index in [0.29, 0.717) is 17.8 Å². The molecular weight excluding hydrogens is 396 g/mol. The van der Waals surface area contributed by atoms with Crippen molar-refractivity contribution < 1.29 is 29.0 Å². The van der Waals surface area contributed by atoms with Crippen LogP contribution >= 0.6 is 0 Å². The van der Waals surface area contributed by atoms with Gasteiger partial charge >= 0.3 is 11.9 Å². The van der Waals surface area contributed by atoms with Gasteiger partial charge in [0.2, 0.25) is 0 Å². The Bertz CT molecular complexity index is 787. The molecule has 0 saturated heterocycles. The van der Waals surface area contributed by atoms with E-state index in [-0.39, 0.29) is 47.8 Å². The van der Waals surface area contributed by atoms with Gasteiger partial charge in [0, 0.05) is 26.4 Å². The van der Waals surface area contributed by atoms with E-state index in [1.807, 2.05) is 0 Å². The fourth-order valence-corrected chi connectivity index (χ4v) is 7.76. The number of carbonyl (C=O) groups excluding carboxylic acids is 3. The molecule has 0 amide bonds. The molecule has 4 aliphatic carbocycles. The Hall–Kier alpha value is -1.69. The number of hydrogen-bond donors (Lipinski definition) is 1. The van der Waals surface area contributed by atoms with Crippen LogP contribution < -0.4 is 0 Å². The smallest absolute Gasteiger partial charge is 0.303 e. The van der Waals surface area contributed by atoms with E-state index in [1.54, 1.807) is 0 Å². The molecule has 4 aliphatic rings. The van der Waals surface area contributed by atoms with E-state index in [4.69, 9.17) is 9.47 Å². The van der Waals surface area contributed by atoms with E-state index in [2.05, 4.69) is 13.0 Å². The molecule has 0 unspecified atom stereocenters. The fourth-order valence-electron chi connectivity index (χ4n) is 7.76. The average Bonchev–Trinajstić information content (AvgIpc) is 3.08. The summed E-state index contributed by atoms with van der Waals surface area (Å²) >= 11 is 0. The lowest BCUT2D eigenvalue weighted by atomic mass is 9.45. The van der Waals surface area contributed by atoms with Crippen LogP contribution in [0.3, 0.4) is 0 Å². The molecule has 172 valence electrons. The van der Waals surface area contributed by atoms with Gasteiger partial charge in [0.1, 0.15) is 12.7 Å². The Balaban J connectivity index is 1.52. The molecule has 0 aliphatic heterocycles. The topological polar surface area (TPSA) is 89.9 Å². The molecule has 0 heterocycles. The summed E-state index contributed by atoms with van der Waals surface area (Å²) < 4.78 is 10.5.